The molecule has 1 aromatic heterocycles. The van der Waals surface area contributed by atoms with E-state index < -0.39 is 0 Å². The number of carbonyl (C=O) groups excluding carboxylic acids is 1. The van der Waals surface area contributed by atoms with Crippen molar-refractivity contribution in [2.45, 2.75) is 65.8 Å². The Balaban J connectivity index is 2.75. The summed E-state index contributed by atoms with van der Waals surface area (Å²) in [7, 11) is 0. The first-order chi connectivity index (χ1) is 9.49. The first-order valence-corrected chi connectivity index (χ1v) is 7.53. The van der Waals surface area contributed by atoms with Gasteiger partial charge in [0.25, 0.3) is 11.5 Å². The van der Waals surface area contributed by atoms with Crippen LogP contribution < -0.4 is 10.9 Å². The third-order valence-corrected chi connectivity index (χ3v) is 3.59. The van der Waals surface area contributed by atoms with Crippen LogP contribution in [0.25, 0.3) is 0 Å². The molecule has 4 heteroatoms. The van der Waals surface area contributed by atoms with Gasteiger partial charge in [-0.1, -0.05) is 33.1 Å². The molecule has 0 radical (unpaired) electrons. The lowest BCUT2D eigenvalue weighted by molar-refractivity contribution is 0.0936. The molecule has 1 atom stereocenters. The molecule has 1 heterocycles. The van der Waals surface area contributed by atoms with Crippen molar-refractivity contribution in [1.82, 2.24) is 10.3 Å². The van der Waals surface area contributed by atoms with Gasteiger partial charge in [0, 0.05) is 11.7 Å². The van der Waals surface area contributed by atoms with E-state index in [1.807, 2.05) is 20.8 Å². The number of hydrogen-bond donors (Lipinski definition) is 2. The number of aromatic amines is 1. The normalized spacial score (nSPS) is 12.2. The largest absolute Gasteiger partial charge is 0.349 e. The van der Waals surface area contributed by atoms with Gasteiger partial charge < -0.3 is 10.3 Å². The summed E-state index contributed by atoms with van der Waals surface area (Å²) in [5.41, 5.74) is 1.76. The van der Waals surface area contributed by atoms with Crippen LogP contribution in [0.15, 0.2) is 10.9 Å². The molecule has 0 aliphatic carbocycles. The van der Waals surface area contributed by atoms with E-state index in [2.05, 4.69) is 17.2 Å². The molecule has 1 rings (SSSR count). The third-order valence-electron chi connectivity index (χ3n) is 3.59. The van der Waals surface area contributed by atoms with Gasteiger partial charge in [-0.15, -0.1) is 0 Å². The summed E-state index contributed by atoms with van der Waals surface area (Å²) in [6.45, 7) is 8.00. The predicted octanol–water partition coefficient (Wildman–Crippen LogP) is 2.94. The Kier molecular flexibility index (Phi) is 6.49. The average Bonchev–Trinajstić information content (AvgIpc) is 2.39. The highest BCUT2D eigenvalue weighted by Crippen LogP contribution is 2.07. The van der Waals surface area contributed by atoms with Gasteiger partial charge in [-0.2, -0.15) is 0 Å². The Morgan fingerprint density at radius 1 is 1.35 bits per heavy atom. The number of H-pyrrole nitrogens is 1. The molecule has 1 amide bonds. The van der Waals surface area contributed by atoms with E-state index in [1.165, 1.54) is 6.42 Å². The van der Waals surface area contributed by atoms with Gasteiger partial charge >= 0.3 is 0 Å². The lowest BCUT2D eigenvalue weighted by Crippen LogP contribution is -2.36. The molecule has 0 saturated heterocycles. The van der Waals surface area contributed by atoms with E-state index in [4.69, 9.17) is 0 Å². The Bertz CT molecular complexity index is 506. The van der Waals surface area contributed by atoms with Crippen molar-refractivity contribution in [2.75, 3.05) is 0 Å². The molecule has 0 aromatic carbocycles. The minimum Gasteiger partial charge on any atom is -0.349 e. The Hall–Kier alpha value is -1.58. The van der Waals surface area contributed by atoms with Crippen LogP contribution in [0.1, 0.15) is 68.1 Å². The number of aryl methyl sites for hydroxylation is 2. The number of unbranched alkanes of at least 4 members (excludes halogenated alkanes) is 2. The van der Waals surface area contributed by atoms with Crippen LogP contribution >= 0.6 is 0 Å². The summed E-state index contributed by atoms with van der Waals surface area (Å²) >= 11 is 0. The molecule has 0 bridgehead atoms. The van der Waals surface area contributed by atoms with Gasteiger partial charge in [-0.25, -0.2) is 0 Å². The smallest absolute Gasteiger partial charge is 0.261 e. The zero-order chi connectivity index (χ0) is 15.1. The topological polar surface area (TPSA) is 62.0 Å². The third kappa shape index (κ3) is 4.51. The molecule has 0 fully saturated rings. The zero-order valence-electron chi connectivity index (χ0n) is 13.0. The molecule has 20 heavy (non-hydrogen) atoms. The van der Waals surface area contributed by atoms with Gasteiger partial charge in [0.15, 0.2) is 0 Å². The molecular weight excluding hydrogens is 252 g/mol. The number of hydrogen-bond acceptors (Lipinski definition) is 2. The number of carbonyl (C=O) groups is 1. The van der Waals surface area contributed by atoms with Gasteiger partial charge in [0.2, 0.25) is 0 Å². The van der Waals surface area contributed by atoms with Crippen LogP contribution in [0.5, 0.6) is 0 Å². The molecule has 0 spiro atoms. The maximum atomic E-state index is 12.2. The maximum absolute atomic E-state index is 12.2. The van der Waals surface area contributed by atoms with Crippen LogP contribution in [-0.4, -0.2) is 16.9 Å². The number of aromatic nitrogens is 1. The minimum atomic E-state index is -0.307. The maximum Gasteiger partial charge on any atom is 0.261 e. The molecule has 0 aliphatic heterocycles. The summed E-state index contributed by atoms with van der Waals surface area (Å²) in [5, 5.41) is 2.91. The molecule has 0 saturated carbocycles. The van der Waals surface area contributed by atoms with E-state index in [0.29, 0.717) is 0 Å². The number of rotatable bonds is 7. The van der Waals surface area contributed by atoms with Crippen molar-refractivity contribution < 1.29 is 4.79 Å². The number of amides is 1. The minimum absolute atomic E-state index is 0.0971. The number of pyridine rings is 1. The van der Waals surface area contributed by atoms with Crippen LogP contribution in [0.3, 0.4) is 0 Å². The van der Waals surface area contributed by atoms with E-state index >= 15 is 0 Å². The van der Waals surface area contributed by atoms with Crippen molar-refractivity contribution >= 4 is 5.91 Å². The first kappa shape index (κ1) is 16.5. The SMILES string of the molecule is CCCCC[C@@H](C)NC(=O)c1cc(CC)c(C)[nH]c1=O. The fourth-order valence-corrected chi connectivity index (χ4v) is 2.28. The zero-order valence-corrected chi connectivity index (χ0v) is 13.0. The highest BCUT2D eigenvalue weighted by molar-refractivity contribution is 5.94. The quantitative estimate of drug-likeness (QED) is 0.753. The summed E-state index contributed by atoms with van der Waals surface area (Å²) in [4.78, 5) is 26.8. The van der Waals surface area contributed by atoms with Gasteiger partial charge in [0.05, 0.1) is 0 Å². The molecule has 4 nitrogen and oxygen atoms in total. The van der Waals surface area contributed by atoms with Crippen LogP contribution in [0.4, 0.5) is 0 Å². The van der Waals surface area contributed by atoms with Crippen molar-refractivity contribution in [1.29, 1.82) is 0 Å². The standard InChI is InChI=1S/C16H26N2O2/c1-5-7-8-9-11(3)17-15(19)14-10-13(6-2)12(4)18-16(14)20/h10-11H,5-9H2,1-4H3,(H,17,19)(H,18,20)/t11-/m1/s1. The Morgan fingerprint density at radius 3 is 2.65 bits per heavy atom. The number of nitrogens with one attached hydrogen (secondary N) is 2. The van der Waals surface area contributed by atoms with Crippen molar-refractivity contribution in [2.24, 2.45) is 0 Å². The molecule has 2 N–H and O–H groups in total. The second-order valence-corrected chi connectivity index (χ2v) is 5.39. The second-order valence-electron chi connectivity index (χ2n) is 5.39. The monoisotopic (exact) mass is 278 g/mol. The Morgan fingerprint density at radius 2 is 2.05 bits per heavy atom. The van der Waals surface area contributed by atoms with Crippen molar-refractivity contribution in [3.05, 3.63) is 33.2 Å². The van der Waals surface area contributed by atoms with Crippen LogP contribution in [-0.2, 0) is 6.42 Å². The lowest BCUT2D eigenvalue weighted by atomic mass is 10.1. The fourth-order valence-electron chi connectivity index (χ4n) is 2.28. The highest BCUT2D eigenvalue weighted by Gasteiger charge is 2.14. The van der Waals surface area contributed by atoms with Gasteiger partial charge in [-0.05, 0) is 38.3 Å². The predicted molar refractivity (Wildman–Crippen MR) is 82.2 cm³/mol. The van der Waals surface area contributed by atoms with Crippen molar-refractivity contribution in [3.8, 4) is 0 Å². The van der Waals surface area contributed by atoms with E-state index in [1.54, 1.807) is 6.07 Å². The van der Waals surface area contributed by atoms with Crippen molar-refractivity contribution in [3.63, 3.8) is 0 Å². The van der Waals surface area contributed by atoms with E-state index in [0.717, 1.165) is 36.9 Å². The molecule has 112 valence electrons. The molecule has 0 unspecified atom stereocenters. The highest BCUT2D eigenvalue weighted by atomic mass is 16.2. The summed E-state index contributed by atoms with van der Waals surface area (Å²) in [6.07, 6.45) is 5.19. The molecule has 0 aliphatic rings. The van der Waals surface area contributed by atoms with Crippen LogP contribution in [0, 0.1) is 6.92 Å². The Labute approximate surface area is 121 Å². The van der Waals surface area contributed by atoms with Gasteiger partial charge in [0.1, 0.15) is 5.56 Å². The molecular formula is C16H26N2O2. The summed E-state index contributed by atoms with van der Waals surface area (Å²) < 4.78 is 0. The van der Waals surface area contributed by atoms with Gasteiger partial charge in [-0.3, -0.25) is 9.59 Å². The lowest BCUT2D eigenvalue weighted by Gasteiger charge is -2.14. The van der Waals surface area contributed by atoms with Crippen LogP contribution in [0.2, 0.25) is 0 Å². The summed E-state index contributed by atoms with van der Waals surface area (Å²) in [5.74, 6) is -0.273. The summed E-state index contributed by atoms with van der Waals surface area (Å²) in [6, 6.07) is 1.81. The fraction of sp³-hybridized carbons (Fsp3) is 0.625. The second kappa shape index (κ2) is 7.88. The van der Waals surface area contributed by atoms with E-state index in [-0.39, 0.29) is 23.1 Å². The first-order valence-electron chi connectivity index (χ1n) is 7.53. The van der Waals surface area contributed by atoms with E-state index in [9.17, 15) is 9.59 Å². The molecule has 1 aromatic rings. The average molecular weight is 278 g/mol.